The Balaban J connectivity index is 2.69. The highest BCUT2D eigenvalue weighted by molar-refractivity contribution is 7.17. The fourth-order valence-corrected chi connectivity index (χ4v) is 1.44. The second kappa shape index (κ2) is 4.34. The molecule has 0 atom stereocenters. The first-order valence-corrected chi connectivity index (χ1v) is 4.81. The normalized spacial score (nSPS) is 9.69. The van der Waals surface area contributed by atoms with E-state index >= 15 is 0 Å². The summed E-state index contributed by atoms with van der Waals surface area (Å²) in [4.78, 5) is 26.0. The first kappa shape index (κ1) is 10.1. The third-order valence-corrected chi connectivity index (χ3v) is 2.48. The number of halogens is 1. The Morgan fingerprint density at radius 3 is 2.85 bits per heavy atom. The van der Waals surface area contributed by atoms with E-state index in [9.17, 15) is 9.59 Å². The van der Waals surface area contributed by atoms with Crippen LogP contribution in [0.4, 0.5) is 5.13 Å². The van der Waals surface area contributed by atoms with Crippen LogP contribution in [0.5, 0.6) is 0 Å². The second-order valence-corrected chi connectivity index (χ2v) is 3.57. The number of hydrogen-bond donors (Lipinski definition) is 1. The van der Waals surface area contributed by atoms with Crippen molar-refractivity contribution in [2.24, 2.45) is 0 Å². The summed E-state index contributed by atoms with van der Waals surface area (Å²) in [7, 11) is 0. The Labute approximate surface area is 83.9 Å². The van der Waals surface area contributed by atoms with E-state index in [0.29, 0.717) is 10.0 Å². The van der Waals surface area contributed by atoms with Crippen LogP contribution >= 0.6 is 22.9 Å². The lowest BCUT2D eigenvalue weighted by Crippen LogP contribution is -2.11. The van der Waals surface area contributed by atoms with Crippen LogP contribution in [-0.2, 0) is 4.79 Å². The highest BCUT2D eigenvalue weighted by Gasteiger charge is 2.07. The van der Waals surface area contributed by atoms with Gasteiger partial charge in [-0.15, -0.1) is 11.6 Å². The summed E-state index contributed by atoms with van der Waals surface area (Å²) in [5.74, 6) is -0.510. The number of anilines is 1. The molecule has 0 unspecified atom stereocenters. The van der Waals surface area contributed by atoms with Crippen LogP contribution in [-0.4, -0.2) is 22.6 Å². The van der Waals surface area contributed by atoms with Crippen molar-refractivity contribution < 1.29 is 9.59 Å². The minimum Gasteiger partial charge on any atom is -0.301 e. The largest absolute Gasteiger partial charge is 0.301 e. The van der Waals surface area contributed by atoms with Crippen LogP contribution < -0.4 is 5.32 Å². The molecule has 1 rings (SSSR count). The molecular formula is C7H7ClN2O2S. The summed E-state index contributed by atoms with van der Waals surface area (Å²) in [5.41, 5.74) is 0. The molecule has 1 heterocycles. The number of hydrogen-bond acceptors (Lipinski definition) is 4. The number of nitrogens with one attached hydrogen (secondary N) is 1. The molecule has 1 aromatic rings. The van der Waals surface area contributed by atoms with Gasteiger partial charge in [0.05, 0.1) is 11.1 Å². The van der Waals surface area contributed by atoms with Gasteiger partial charge in [0.1, 0.15) is 5.88 Å². The van der Waals surface area contributed by atoms with E-state index in [2.05, 4.69) is 10.3 Å². The molecule has 6 heteroatoms. The Hall–Kier alpha value is -0.940. The SMILES string of the molecule is CC(=O)c1cnc(NC(=O)CCl)s1. The van der Waals surface area contributed by atoms with Crippen molar-refractivity contribution in [2.75, 3.05) is 11.2 Å². The molecule has 0 aliphatic carbocycles. The van der Waals surface area contributed by atoms with Gasteiger partial charge in [0.25, 0.3) is 0 Å². The standard InChI is InChI=1S/C7H7ClN2O2S/c1-4(11)5-3-9-7(13-5)10-6(12)2-8/h3H,2H2,1H3,(H,9,10,12). The lowest BCUT2D eigenvalue weighted by atomic mass is 10.4. The van der Waals surface area contributed by atoms with Gasteiger partial charge < -0.3 is 5.32 Å². The average molecular weight is 219 g/mol. The van der Waals surface area contributed by atoms with E-state index in [1.165, 1.54) is 13.1 Å². The molecule has 70 valence electrons. The molecule has 1 N–H and O–H groups in total. The highest BCUT2D eigenvalue weighted by Crippen LogP contribution is 2.18. The van der Waals surface area contributed by atoms with Crippen molar-refractivity contribution in [2.45, 2.75) is 6.92 Å². The van der Waals surface area contributed by atoms with Crippen LogP contribution in [0.15, 0.2) is 6.20 Å². The van der Waals surface area contributed by atoms with Crippen molar-refractivity contribution in [1.29, 1.82) is 0 Å². The first-order valence-electron chi connectivity index (χ1n) is 3.46. The van der Waals surface area contributed by atoms with Gasteiger partial charge in [-0.05, 0) is 0 Å². The van der Waals surface area contributed by atoms with E-state index in [1.54, 1.807) is 0 Å². The van der Waals surface area contributed by atoms with E-state index in [0.717, 1.165) is 11.3 Å². The Morgan fingerprint density at radius 1 is 1.69 bits per heavy atom. The summed E-state index contributed by atoms with van der Waals surface area (Å²) in [6.45, 7) is 1.45. The smallest absolute Gasteiger partial charge is 0.241 e. The molecule has 0 aliphatic heterocycles. The molecule has 0 aliphatic rings. The fraction of sp³-hybridized carbons (Fsp3) is 0.286. The molecule has 0 aromatic carbocycles. The van der Waals surface area contributed by atoms with Crippen LogP contribution in [0.1, 0.15) is 16.6 Å². The summed E-state index contributed by atoms with van der Waals surface area (Å²) >= 11 is 6.40. The van der Waals surface area contributed by atoms with Crippen LogP contribution in [0.3, 0.4) is 0 Å². The molecule has 4 nitrogen and oxygen atoms in total. The Morgan fingerprint density at radius 2 is 2.38 bits per heavy atom. The molecule has 0 radical (unpaired) electrons. The number of nitrogens with zero attached hydrogens (tertiary/aromatic N) is 1. The molecule has 1 aromatic heterocycles. The van der Waals surface area contributed by atoms with Gasteiger partial charge in [-0.2, -0.15) is 0 Å². The van der Waals surface area contributed by atoms with Crippen LogP contribution in [0, 0.1) is 0 Å². The van der Waals surface area contributed by atoms with Crippen LogP contribution in [0.2, 0.25) is 0 Å². The zero-order valence-corrected chi connectivity index (χ0v) is 8.41. The predicted molar refractivity (Wildman–Crippen MR) is 51.5 cm³/mol. The maximum atomic E-state index is 10.8. The van der Waals surface area contributed by atoms with Gasteiger partial charge in [-0.1, -0.05) is 11.3 Å². The number of amides is 1. The van der Waals surface area contributed by atoms with Crippen molar-refractivity contribution >= 4 is 39.8 Å². The lowest BCUT2D eigenvalue weighted by molar-refractivity contribution is -0.113. The van der Waals surface area contributed by atoms with E-state index in [4.69, 9.17) is 11.6 Å². The number of rotatable bonds is 3. The Kier molecular flexibility index (Phi) is 3.39. The number of thiazole rings is 1. The van der Waals surface area contributed by atoms with E-state index < -0.39 is 0 Å². The summed E-state index contributed by atoms with van der Waals surface area (Å²) in [6, 6.07) is 0. The number of carbonyl (C=O) groups is 2. The number of ketones is 1. The van der Waals surface area contributed by atoms with Crippen molar-refractivity contribution in [3.63, 3.8) is 0 Å². The molecule has 0 bridgehead atoms. The van der Waals surface area contributed by atoms with Crippen LogP contribution in [0.25, 0.3) is 0 Å². The molecule has 1 amide bonds. The maximum Gasteiger partial charge on any atom is 0.241 e. The highest BCUT2D eigenvalue weighted by atomic mass is 35.5. The first-order chi connectivity index (χ1) is 6.13. The molecular weight excluding hydrogens is 212 g/mol. The van der Waals surface area contributed by atoms with Gasteiger partial charge in [-0.3, -0.25) is 9.59 Å². The molecule has 0 saturated carbocycles. The molecule has 0 fully saturated rings. The minimum absolute atomic E-state index is 0.0659. The average Bonchev–Trinajstić information content (AvgIpc) is 2.52. The van der Waals surface area contributed by atoms with E-state index in [1.807, 2.05) is 0 Å². The molecule has 0 saturated heterocycles. The third kappa shape index (κ3) is 2.78. The number of alkyl halides is 1. The van der Waals surface area contributed by atoms with Crippen molar-refractivity contribution in [3.8, 4) is 0 Å². The number of carbonyl (C=O) groups excluding carboxylic acids is 2. The number of Topliss-reactive ketones (excluding diaryl/α,β-unsaturated/α-hetero) is 1. The summed E-state index contributed by atoms with van der Waals surface area (Å²) in [5, 5.41) is 2.85. The van der Waals surface area contributed by atoms with Gasteiger partial charge >= 0.3 is 0 Å². The lowest BCUT2D eigenvalue weighted by Gasteiger charge is -1.94. The fourth-order valence-electron chi connectivity index (χ4n) is 0.647. The number of aromatic nitrogens is 1. The third-order valence-electron chi connectivity index (χ3n) is 1.22. The maximum absolute atomic E-state index is 10.8. The summed E-state index contributed by atoms with van der Waals surface area (Å²) < 4.78 is 0. The Bertz CT molecular complexity index is 337. The molecule has 13 heavy (non-hydrogen) atoms. The summed E-state index contributed by atoms with van der Waals surface area (Å²) in [6.07, 6.45) is 1.43. The van der Waals surface area contributed by atoms with Gasteiger partial charge in [-0.25, -0.2) is 4.98 Å². The topological polar surface area (TPSA) is 59.1 Å². The quantitative estimate of drug-likeness (QED) is 0.618. The predicted octanol–water partition coefficient (Wildman–Crippen LogP) is 1.52. The monoisotopic (exact) mass is 218 g/mol. The van der Waals surface area contributed by atoms with Gasteiger partial charge in [0, 0.05) is 6.92 Å². The van der Waals surface area contributed by atoms with Gasteiger partial charge in [0.15, 0.2) is 10.9 Å². The zero-order chi connectivity index (χ0) is 9.84. The van der Waals surface area contributed by atoms with Gasteiger partial charge in [0.2, 0.25) is 5.91 Å². The zero-order valence-electron chi connectivity index (χ0n) is 6.83. The van der Waals surface area contributed by atoms with Crippen molar-refractivity contribution in [3.05, 3.63) is 11.1 Å². The van der Waals surface area contributed by atoms with E-state index in [-0.39, 0.29) is 17.6 Å². The second-order valence-electron chi connectivity index (χ2n) is 2.27. The van der Waals surface area contributed by atoms with Crippen molar-refractivity contribution in [1.82, 2.24) is 4.98 Å². The minimum atomic E-state index is -0.328. The molecule has 0 spiro atoms.